The average molecular weight is 292 g/mol. The van der Waals surface area contributed by atoms with Crippen molar-refractivity contribution in [1.29, 1.82) is 0 Å². The van der Waals surface area contributed by atoms with Gasteiger partial charge in [0.25, 0.3) is 0 Å². The fourth-order valence-electron chi connectivity index (χ4n) is 2.26. The zero-order valence-corrected chi connectivity index (χ0v) is 12.8. The molecule has 1 unspecified atom stereocenters. The van der Waals surface area contributed by atoms with Crippen molar-refractivity contribution < 1.29 is 4.39 Å². The first-order chi connectivity index (χ1) is 9.55. The number of rotatable bonds is 6. The number of thiophene rings is 1. The summed E-state index contributed by atoms with van der Waals surface area (Å²) in [6.45, 7) is 3.40. The maximum atomic E-state index is 13.8. The van der Waals surface area contributed by atoms with Crippen molar-refractivity contribution in [3.05, 3.63) is 58.0 Å². The van der Waals surface area contributed by atoms with Crippen LogP contribution < -0.4 is 5.73 Å². The molecule has 0 saturated heterocycles. The van der Waals surface area contributed by atoms with Crippen LogP contribution in [0.4, 0.5) is 4.39 Å². The molecule has 1 aromatic carbocycles. The second-order valence-corrected chi connectivity index (χ2v) is 6.24. The first-order valence-electron chi connectivity index (χ1n) is 6.71. The Morgan fingerprint density at radius 1 is 1.30 bits per heavy atom. The molecule has 0 radical (unpaired) electrons. The van der Waals surface area contributed by atoms with Crippen LogP contribution in [0.15, 0.2) is 41.1 Å². The van der Waals surface area contributed by atoms with E-state index in [0.29, 0.717) is 13.0 Å². The Morgan fingerprint density at radius 2 is 2.05 bits per heavy atom. The largest absolute Gasteiger partial charge is 0.329 e. The van der Waals surface area contributed by atoms with Gasteiger partial charge in [0.15, 0.2) is 0 Å². The van der Waals surface area contributed by atoms with Crippen LogP contribution in [0, 0.1) is 5.82 Å². The van der Waals surface area contributed by atoms with Crippen molar-refractivity contribution >= 4 is 11.3 Å². The quantitative estimate of drug-likeness (QED) is 0.885. The first kappa shape index (κ1) is 15.2. The summed E-state index contributed by atoms with van der Waals surface area (Å²) >= 11 is 1.69. The molecule has 20 heavy (non-hydrogen) atoms. The van der Waals surface area contributed by atoms with Gasteiger partial charge in [0.05, 0.1) is 0 Å². The molecule has 0 aliphatic carbocycles. The molecule has 0 bridgehead atoms. The smallest absolute Gasteiger partial charge is 0.126 e. The van der Waals surface area contributed by atoms with E-state index in [1.807, 2.05) is 19.2 Å². The third-order valence-corrected chi connectivity index (χ3v) is 4.62. The molecule has 108 valence electrons. The van der Waals surface area contributed by atoms with E-state index in [1.54, 1.807) is 17.4 Å². The van der Waals surface area contributed by atoms with E-state index in [9.17, 15) is 4.39 Å². The molecule has 4 heteroatoms. The Hall–Kier alpha value is -1.23. The van der Waals surface area contributed by atoms with Crippen LogP contribution in [0.5, 0.6) is 0 Å². The molecule has 2 N–H and O–H groups in total. The van der Waals surface area contributed by atoms with Crippen LogP contribution in [0.3, 0.4) is 0 Å². The number of nitrogens with two attached hydrogens (primary N) is 1. The highest BCUT2D eigenvalue weighted by molar-refractivity contribution is 7.07. The number of benzene rings is 1. The van der Waals surface area contributed by atoms with E-state index in [1.165, 1.54) is 11.6 Å². The van der Waals surface area contributed by atoms with E-state index in [0.717, 1.165) is 12.1 Å². The molecular formula is C16H21FN2S. The Kier molecular flexibility index (Phi) is 4.91. The fourth-order valence-corrected chi connectivity index (χ4v) is 2.92. The normalized spacial score (nSPS) is 14.4. The number of likely N-dealkylation sites (N-methyl/N-ethyl adjacent to an activating group) is 1. The van der Waals surface area contributed by atoms with Crippen molar-refractivity contribution in [2.24, 2.45) is 5.73 Å². The number of halogens is 1. The summed E-state index contributed by atoms with van der Waals surface area (Å²) in [7, 11) is 2.05. The van der Waals surface area contributed by atoms with Gasteiger partial charge in [0.1, 0.15) is 5.82 Å². The average Bonchev–Trinajstić information content (AvgIpc) is 2.94. The summed E-state index contributed by atoms with van der Waals surface area (Å²) in [5.41, 5.74) is 7.70. The minimum Gasteiger partial charge on any atom is -0.329 e. The molecule has 0 fully saturated rings. The van der Waals surface area contributed by atoms with E-state index in [-0.39, 0.29) is 11.4 Å². The van der Waals surface area contributed by atoms with Crippen LogP contribution in [0.25, 0.3) is 0 Å². The summed E-state index contributed by atoms with van der Waals surface area (Å²) in [5.74, 6) is -0.156. The molecule has 2 nitrogen and oxygen atoms in total. The Balaban J connectivity index is 2.14. The Bertz CT molecular complexity index is 541. The molecule has 0 aliphatic rings. The van der Waals surface area contributed by atoms with Crippen LogP contribution in [0.2, 0.25) is 0 Å². The molecule has 0 aliphatic heterocycles. The van der Waals surface area contributed by atoms with Crippen molar-refractivity contribution in [1.82, 2.24) is 4.90 Å². The predicted molar refractivity (Wildman–Crippen MR) is 83.3 cm³/mol. The summed E-state index contributed by atoms with van der Waals surface area (Å²) in [4.78, 5) is 2.21. The zero-order chi connectivity index (χ0) is 14.6. The van der Waals surface area contributed by atoms with E-state index in [2.05, 4.69) is 28.7 Å². The molecule has 1 heterocycles. The van der Waals surface area contributed by atoms with Crippen molar-refractivity contribution in [2.45, 2.75) is 25.4 Å². The maximum Gasteiger partial charge on any atom is 0.126 e. The minimum absolute atomic E-state index is 0.156. The highest BCUT2D eigenvalue weighted by Crippen LogP contribution is 2.23. The lowest BCUT2D eigenvalue weighted by Crippen LogP contribution is -2.51. The number of hydrogen-bond acceptors (Lipinski definition) is 3. The number of hydrogen-bond donors (Lipinski definition) is 1. The highest BCUT2D eigenvalue weighted by atomic mass is 32.1. The summed E-state index contributed by atoms with van der Waals surface area (Å²) in [6, 6.07) is 9.04. The molecule has 1 atom stereocenters. The van der Waals surface area contributed by atoms with Gasteiger partial charge in [-0.25, -0.2) is 4.39 Å². The van der Waals surface area contributed by atoms with E-state index in [4.69, 9.17) is 5.73 Å². The van der Waals surface area contributed by atoms with Crippen molar-refractivity contribution in [3.8, 4) is 0 Å². The van der Waals surface area contributed by atoms with Crippen LogP contribution in [-0.4, -0.2) is 24.0 Å². The van der Waals surface area contributed by atoms with Gasteiger partial charge >= 0.3 is 0 Å². The lowest BCUT2D eigenvalue weighted by Gasteiger charge is -2.38. The molecule has 0 saturated carbocycles. The zero-order valence-electron chi connectivity index (χ0n) is 12.0. The lowest BCUT2D eigenvalue weighted by molar-refractivity contribution is 0.135. The van der Waals surface area contributed by atoms with Gasteiger partial charge in [-0.3, -0.25) is 4.90 Å². The van der Waals surface area contributed by atoms with Gasteiger partial charge in [0.2, 0.25) is 0 Å². The first-order valence-corrected chi connectivity index (χ1v) is 7.65. The molecule has 0 spiro atoms. The van der Waals surface area contributed by atoms with Gasteiger partial charge < -0.3 is 5.73 Å². The highest BCUT2D eigenvalue weighted by Gasteiger charge is 2.29. The van der Waals surface area contributed by atoms with Gasteiger partial charge in [-0.15, -0.1) is 0 Å². The molecule has 0 amide bonds. The molecule has 1 aromatic heterocycles. The second-order valence-electron chi connectivity index (χ2n) is 5.46. The van der Waals surface area contributed by atoms with Crippen LogP contribution in [0.1, 0.15) is 18.1 Å². The lowest BCUT2D eigenvalue weighted by atomic mass is 9.90. The van der Waals surface area contributed by atoms with E-state index >= 15 is 0 Å². The topological polar surface area (TPSA) is 29.3 Å². The number of nitrogens with zero attached hydrogens (tertiary/aromatic N) is 1. The fraction of sp³-hybridized carbons (Fsp3) is 0.375. The molecular weight excluding hydrogens is 271 g/mol. The van der Waals surface area contributed by atoms with Crippen LogP contribution in [-0.2, 0) is 13.0 Å². The van der Waals surface area contributed by atoms with Crippen molar-refractivity contribution in [3.63, 3.8) is 0 Å². The summed E-state index contributed by atoms with van der Waals surface area (Å²) < 4.78 is 13.8. The predicted octanol–water partition coefficient (Wildman–Crippen LogP) is 3.28. The van der Waals surface area contributed by atoms with Gasteiger partial charge in [-0.05, 0) is 54.4 Å². The second kappa shape index (κ2) is 6.48. The summed E-state index contributed by atoms with van der Waals surface area (Å²) in [6.07, 6.45) is 0.608. The summed E-state index contributed by atoms with van der Waals surface area (Å²) in [5, 5.41) is 4.20. The molecule has 2 aromatic rings. The SMILES string of the molecule is CN(Cc1ccsc1)C(C)(CN)Cc1ccccc1F. The third-order valence-electron chi connectivity index (χ3n) is 3.89. The van der Waals surface area contributed by atoms with Gasteiger partial charge in [-0.2, -0.15) is 11.3 Å². The van der Waals surface area contributed by atoms with Crippen molar-refractivity contribution in [2.75, 3.05) is 13.6 Å². The molecule has 2 rings (SSSR count). The van der Waals surface area contributed by atoms with Gasteiger partial charge in [-0.1, -0.05) is 18.2 Å². The van der Waals surface area contributed by atoms with Crippen LogP contribution >= 0.6 is 11.3 Å². The van der Waals surface area contributed by atoms with E-state index < -0.39 is 0 Å². The minimum atomic E-state index is -0.260. The third kappa shape index (κ3) is 3.45. The standard InChI is InChI=1S/C16H21FN2S/c1-16(12-18,9-14-5-3-4-6-15(14)17)19(2)10-13-7-8-20-11-13/h3-8,11H,9-10,12,18H2,1-2H3. The Labute approximate surface area is 124 Å². The Morgan fingerprint density at radius 3 is 2.65 bits per heavy atom. The van der Waals surface area contributed by atoms with Gasteiger partial charge in [0, 0.05) is 18.6 Å². The maximum absolute atomic E-state index is 13.8. The monoisotopic (exact) mass is 292 g/mol.